The van der Waals surface area contributed by atoms with Gasteiger partial charge in [-0.15, -0.1) is 11.3 Å². The molecule has 7 heteroatoms. The fourth-order valence-electron chi connectivity index (χ4n) is 2.58. The van der Waals surface area contributed by atoms with E-state index < -0.39 is 9.84 Å². The molecule has 0 aliphatic heterocycles. The van der Waals surface area contributed by atoms with Crippen LogP contribution in [0.5, 0.6) is 0 Å². The number of aromatic nitrogens is 2. The number of aryl methyl sites for hydroxylation is 2. The third-order valence-electron chi connectivity index (χ3n) is 4.13. The molecule has 0 radical (unpaired) electrons. The third kappa shape index (κ3) is 3.14. The first-order chi connectivity index (χ1) is 11.3. The van der Waals surface area contributed by atoms with E-state index in [0.717, 1.165) is 21.6 Å². The number of hydrogen-bond donors (Lipinski definition) is 1. The molecule has 0 aliphatic rings. The van der Waals surface area contributed by atoms with Gasteiger partial charge >= 0.3 is 0 Å². The average Bonchev–Trinajstić information content (AvgIpc) is 2.82. The second-order valence-corrected chi connectivity index (χ2v) is 9.11. The minimum absolute atomic E-state index is 0.00341. The first-order valence-corrected chi connectivity index (χ1v) is 10.3. The normalized spacial score (nSPS) is 13.2. The molecular formula is C17H19N3O2S2. The van der Waals surface area contributed by atoms with Gasteiger partial charge in [0, 0.05) is 17.2 Å². The molecule has 0 fully saturated rings. The fourth-order valence-corrected chi connectivity index (χ4v) is 4.21. The lowest BCUT2D eigenvalue weighted by molar-refractivity contribution is 0.602. The summed E-state index contributed by atoms with van der Waals surface area (Å²) in [6, 6.07) is 6.93. The second kappa shape index (κ2) is 6.14. The summed E-state index contributed by atoms with van der Waals surface area (Å²) in [6.45, 7) is 6.19. The summed E-state index contributed by atoms with van der Waals surface area (Å²) in [5.41, 5.74) is 2.19. The van der Waals surface area contributed by atoms with Gasteiger partial charge in [-0.2, -0.15) is 0 Å². The van der Waals surface area contributed by atoms with E-state index in [1.165, 1.54) is 16.7 Å². The average molecular weight is 361 g/mol. The van der Waals surface area contributed by atoms with Gasteiger partial charge in [-0.25, -0.2) is 18.4 Å². The van der Waals surface area contributed by atoms with E-state index in [1.807, 2.05) is 19.1 Å². The summed E-state index contributed by atoms with van der Waals surface area (Å²) in [7, 11) is -3.18. The van der Waals surface area contributed by atoms with Crippen LogP contribution in [0.2, 0.25) is 0 Å². The van der Waals surface area contributed by atoms with Crippen LogP contribution in [-0.2, 0) is 9.84 Å². The van der Waals surface area contributed by atoms with Gasteiger partial charge in [-0.3, -0.25) is 0 Å². The lowest BCUT2D eigenvalue weighted by Gasteiger charge is -2.16. The van der Waals surface area contributed by atoms with Crippen LogP contribution in [0.25, 0.3) is 10.2 Å². The predicted octanol–water partition coefficient (Wildman–Crippen LogP) is 3.88. The minimum atomic E-state index is -3.18. The second-order valence-electron chi connectivity index (χ2n) is 5.89. The van der Waals surface area contributed by atoms with Gasteiger partial charge in [0.05, 0.1) is 10.3 Å². The van der Waals surface area contributed by atoms with Crippen LogP contribution < -0.4 is 5.32 Å². The summed E-state index contributed by atoms with van der Waals surface area (Å²) in [5, 5.41) is 4.47. The maximum Gasteiger partial charge on any atom is 0.175 e. The Bertz CT molecular complexity index is 993. The van der Waals surface area contributed by atoms with E-state index >= 15 is 0 Å². The topological polar surface area (TPSA) is 72.0 Å². The van der Waals surface area contributed by atoms with Crippen LogP contribution >= 0.6 is 11.3 Å². The number of fused-ring (bicyclic) bond motifs is 1. The van der Waals surface area contributed by atoms with Gasteiger partial charge in [0.2, 0.25) is 0 Å². The van der Waals surface area contributed by atoms with Crippen molar-refractivity contribution in [1.29, 1.82) is 0 Å². The van der Waals surface area contributed by atoms with Crippen molar-refractivity contribution in [2.24, 2.45) is 0 Å². The molecule has 2 aromatic heterocycles. The summed E-state index contributed by atoms with van der Waals surface area (Å²) in [6.07, 6.45) is 2.78. The van der Waals surface area contributed by atoms with E-state index in [2.05, 4.69) is 29.1 Å². The van der Waals surface area contributed by atoms with E-state index in [-0.39, 0.29) is 6.04 Å². The standard InChI is InChI=1S/C17H19N3O2S2/c1-10-12(3)23-17-15(10)16(18-9-19-17)20-11(2)13-5-7-14(8-6-13)24(4,21)22/h5-9,11H,1-4H3,(H,18,19,20). The molecule has 126 valence electrons. The molecule has 1 N–H and O–H groups in total. The van der Waals surface area contributed by atoms with Gasteiger partial charge in [-0.05, 0) is 44.0 Å². The summed E-state index contributed by atoms with van der Waals surface area (Å²) in [5.74, 6) is 0.807. The Hall–Kier alpha value is -1.99. The molecule has 0 bridgehead atoms. The van der Waals surface area contributed by atoms with Gasteiger partial charge in [-0.1, -0.05) is 12.1 Å². The quantitative estimate of drug-likeness (QED) is 0.763. The maximum atomic E-state index is 11.6. The highest BCUT2D eigenvalue weighted by molar-refractivity contribution is 7.90. The van der Waals surface area contributed by atoms with Crippen LogP contribution in [0.15, 0.2) is 35.5 Å². The summed E-state index contributed by atoms with van der Waals surface area (Å²) >= 11 is 1.66. The van der Waals surface area contributed by atoms with Crippen LogP contribution in [0.4, 0.5) is 5.82 Å². The molecule has 5 nitrogen and oxygen atoms in total. The number of sulfone groups is 1. The van der Waals surface area contributed by atoms with Crippen molar-refractivity contribution >= 4 is 37.2 Å². The highest BCUT2D eigenvalue weighted by Gasteiger charge is 2.15. The number of thiophene rings is 1. The molecule has 2 heterocycles. The molecule has 0 saturated heterocycles. The van der Waals surface area contributed by atoms with E-state index in [9.17, 15) is 8.42 Å². The van der Waals surface area contributed by atoms with Crippen LogP contribution in [0, 0.1) is 13.8 Å². The van der Waals surface area contributed by atoms with E-state index in [4.69, 9.17) is 0 Å². The number of benzene rings is 1. The smallest absolute Gasteiger partial charge is 0.175 e. The summed E-state index contributed by atoms with van der Waals surface area (Å²) < 4.78 is 23.1. The zero-order chi connectivity index (χ0) is 17.5. The Morgan fingerprint density at radius 3 is 2.42 bits per heavy atom. The van der Waals surface area contributed by atoms with Crippen molar-refractivity contribution in [2.75, 3.05) is 11.6 Å². The lowest BCUT2D eigenvalue weighted by atomic mass is 10.1. The van der Waals surface area contributed by atoms with E-state index in [0.29, 0.717) is 4.90 Å². The Morgan fingerprint density at radius 2 is 1.79 bits per heavy atom. The van der Waals surface area contributed by atoms with Crippen LogP contribution in [0.3, 0.4) is 0 Å². The number of rotatable bonds is 4. The molecule has 3 rings (SSSR count). The molecule has 3 aromatic rings. The third-order valence-corrected chi connectivity index (χ3v) is 6.37. The molecule has 0 aliphatic carbocycles. The zero-order valence-electron chi connectivity index (χ0n) is 14.0. The highest BCUT2D eigenvalue weighted by Crippen LogP contribution is 2.33. The Labute approximate surface area is 145 Å². The van der Waals surface area contributed by atoms with Gasteiger partial charge < -0.3 is 5.32 Å². The van der Waals surface area contributed by atoms with Crippen molar-refractivity contribution in [3.05, 3.63) is 46.6 Å². The monoisotopic (exact) mass is 361 g/mol. The molecule has 0 spiro atoms. The molecule has 24 heavy (non-hydrogen) atoms. The van der Waals surface area contributed by atoms with Gasteiger partial charge in [0.15, 0.2) is 9.84 Å². The number of nitrogens with zero attached hydrogens (tertiary/aromatic N) is 2. The molecular weight excluding hydrogens is 342 g/mol. The minimum Gasteiger partial charge on any atom is -0.363 e. The zero-order valence-corrected chi connectivity index (χ0v) is 15.6. The van der Waals surface area contributed by atoms with Gasteiger partial charge in [0.1, 0.15) is 17.0 Å². The Morgan fingerprint density at radius 1 is 1.12 bits per heavy atom. The number of nitrogens with one attached hydrogen (secondary N) is 1. The highest BCUT2D eigenvalue weighted by atomic mass is 32.2. The molecule has 1 aromatic carbocycles. The predicted molar refractivity (Wildman–Crippen MR) is 98.5 cm³/mol. The van der Waals surface area contributed by atoms with Crippen molar-refractivity contribution < 1.29 is 8.42 Å². The Balaban J connectivity index is 1.91. The molecule has 1 atom stereocenters. The largest absolute Gasteiger partial charge is 0.363 e. The summed E-state index contributed by atoms with van der Waals surface area (Å²) in [4.78, 5) is 11.3. The van der Waals surface area contributed by atoms with E-state index in [1.54, 1.807) is 29.8 Å². The number of anilines is 1. The molecule has 0 amide bonds. The Kier molecular flexibility index (Phi) is 4.31. The van der Waals surface area contributed by atoms with Crippen molar-refractivity contribution in [2.45, 2.75) is 31.7 Å². The number of hydrogen-bond acceptors (Lipinski definition) is 6. The fraction of sp³-hybridized carbons (Fsp3) is 0.294. The first kappa shape index (κ1) is 16.9. The molecule has 1 unspecified atom stereocenters. The maximum absolute atomic E-state index is 11.6. The van der Waals surface area contributed by atoms with Crippen LogP contribution in [-0.4, -0.2) is 24.6 Å². The SMILES string of the molecule is Cc1sc2ncnc(NC(C)c3ccc(S(C)(=O)=O)cc3)c2c1C. The van der Waals surface area contributed by atoms with Crippen molar-refractivity contribution in [1.82, 2.24) is 9.97 Å². The molecule has 0 saturated carbocycles. The van der Waals surface area contributed by atoms with Gasteiger partial charge in [0.25, 0.3) is 0 Å². The van der Waals surface area contributed by atoms with Crippen LogP contribution in [0.1, 0.15) is 29.0 Å². The lowest BCUT2D eigenvalue weighted by Crippen LogP contribution is -2.09. The van der Waals surface area contributed by atoms with Crippen molar-refractivity contribution in [3.8, 4) is 0 Å². The van der Waals surface area contributed by atoms with Crippen molar-refractivity contribution in [3.63, 3.8) is 0 Å². The first-order valence-electron chi connectivity index (χ1n) is 7.54.